The summed E-state index contributed by atoms with van der Waals surface area (Å²) in [6, 6.07) is 7.47. The minimum absolute atomic E-state index is 0.0588. The van der Waals surface area contributed by atoms with Crippen molar-refractivity contribution in [2.45, 2.75) is 45.8 Å². The number of aliphatic hydroxyl groups is 1. The number of benzene rings is 1. The third-order valence-corrected chi connectivity index (χ3v) is 2.51. The van der Waals surface area contributed by atoms with Gasteiger partial charge >= 0.3 is 0 Å². The first-order valence-electron chi connectivity index (χ1n) is 6.29. The van der Waals surface area contributed by atoms with E-state index >= 15 is 0 Å². The largest absolute Gasteiger partial charge is 0.396 e. The van der Waals surface area contributed by atoms with Crippen LogP contribution in [0.25, 0.3) is 0 Å². The summed E-state index contributed by atoms with van der Waals surface area (Å²) >= 11 is 0. The number of hydrogen-bond acceptors (Lipinski definition) is 3. The molecule has 0 heterocycles. The number of rotatable bonds is 6. The van der Waals surface area contributed by atoms with Crippen molar-refractivity contribution in [2.75, 3.05) is 6.61 Å². The molecular weight excluding hydrogens is 228 g/mol. The minimum atomic E-state index is -0.157. The zero-order valence-electron chi connectivity index (χ0n) is 11.4. The third kappa shape index (κ3) is 5.43. The van der Waals surface area contributed by atoms with Gasteiger partial charge in [-0.3, -0.25) is 4.79 Å². The van der Waals surface area contributed by atoms with E-state index in [0.717, 1.165) is 5.56 Å². The molecule has 0 saturated carbocycles. The van der Waals surface area contributed by atoms with Gasteiger partial charge in [-0.1, -0.05) is 24.3 Å². The van der Waals surface area contributed by atoms with Crippen molar-refractivity contribution in [3.8, 4) is 0 Å². The molecule has 100 valence electrons. The SMILES string of the molecule is CC(C)(C)OCc1ccc(C(=O)CCCO)cc1. The fourth-order valence-electron chi connectivity index (χ4n) is 1.47. The predicted molar refractivity (Wildman–Crippen MR) is 71.6 cm³/mol. The first-order valence-corrected chi connectivity index (χ1v) is 6.29. The summed E-state index contributed by atoms with van der Waals surface area (Å²) in [5, 5.41) is 8.68. The lowest BCUT2D eigenvalue weighted by Gasteiger charge is -2.19. The highest BCUT2D eigenvalue weighted by molar-refractivity contribution is 5.96. The topological polar surface area (TPSA) is 46.5 Å². The number of Topliss-reactive ketones (excluding diaryl/α,β-unsaturated/α-hetero) is 1. The van der Waals surface area contributed by atoms with Crippen molar-refractivity contribution in [3.63, 3.8) is 0 Å². The lowest BCUT2D eigenvalue weighted by Crippen LogP contribution is -2.18. The van der Waals surface area contributed by atoms with Crippen LogP contribution in [0, 0.1) is 0 Å². The molecule has 18 heavy (non-hydrogen) atoms. The Labute approximate surface area is 109 Å². The zero-order chi connectivity index (χ0) is 13.6. The van der Waals surface area contributed by atoms with Gasteiger partial charge in [0.25, 0.3) is 0 Å². The molecule has 0 fully saturated rings. The lowest BCUT2D eigenvalue weighted by molar-refractivity contribution is -0.0149. The second-order valence-corrected chi connectivity index (χ2v) is 5.35. The fourth-order valence-corrected chi connectivity index (χ4v) is 1.47. The van der Waals surface area contributed by atoms with Crippen LogP contribution in [0.2, 0.25) is 0 Å². The van der Waals surface area contributed by atoms with Gasteiger partial charge in [0.2, 0.25) is 0 Å². The molecule has 0 amide bonds. The Morgan fingerprint density at radius 2 is 1.83 bits per heavy atom. The van der Waals surface area contributed by atoms with E-state index in [1.165, 1.54) is 0 Å². The second-order valence-electron chi connectivity index (χ2n) is 5.35. The summed E-state index contributed by atoms with van der Waals surface area (Å²) in [5.41, 5.74) is 1.60. The summed E-state index contributed by atoms with van der Waals surface area (Å²) in [6.07, 6.45) is 0.919. The van der Waals surface area contributed by atoms with Crippen LogP contribution in [0.3, 0.4) is 0 Å². The Bertz CT molecular complexity index is 374. The number of ether oxygens (including phenoxy) is 1. The Kier molecular flexibility index (Phi) is 5.51. The van der Waals surface area contributed by atoms with Crippen LogP contribution in [0.5, 0.6) is 0 Å². The van der Waals surface area contributed by atoms with Crippen molar-refractivity contribution < 1.29 is 14.6 Å². The van der Waals surface area contributed by atoms with Crippen molar-refractivity contribution in [2.24, 2.45) is 0 Å². The number of hydrogen-bond donors (Lipinski definition) is 1. The van der Waals surface area contributed by atoms with Gasteiger partial charge in [0.1, 0.15) is 0 Å². The molecule has 0 aliphatic carbocycles. The molecule has 0 radical (unpaired) electrons. The predicted octanol–water partition coefficient (Wildman–Crippen LogP) is 2.96. The molecule has 3 nitrogen and oxygen atoms in total. The summed E-state index contributed by atoms with van der Waals surface area (Å²) < 4.78 is 5.66. The van der Waals surface area contributed by atoms with Gasteiger partial charge in [-0.2, -0.15) is 0 Å². The van der Waals surface area contributed by atoms with E-state index in [9.17, 15) is 4.79 Å². The lowest BCUT2D eigenvalue weighted by atomic mass is 10.0. The molecule has 0 atom stereocenters. The molecule has 1 rings (SSSR count). The quantitative estimate of drug-likeness (QED) is 0.790. The number of aliphatic hydroxyl groups excluding tert-OH is 1. The van der Waals surface area contributed by atoms with Gasteiger partial charge in [0, 0.05) is 18.6 Å². The molecular formula is C15H22O3. The molecule has 0 unspecified atom stereocenters. The zero-order valence-corrected chi connectivity index (χ0v) is 11.4. The molecule has 0 bridgehead atoms. The van der Waals surface area contributed by atoms with E-state index in [4.69, 9.17) is 9.84 Å². The van der Waals surface area contributed by atoms with Crippen molar-refractivity contribution in [3.05, 3.63) is 35.4 Å². The first kappa shape index (κ1) is 14.9. The number of carbonyl (C=O) groups is 1. The molecule has 0 aromatic heterocycles. The molecule has 0 saturated heterocycles. The molecule has 1 aromatic rings. The van der Waals surface area contributed by atoms with Crippen LogP contribution in [0.15, 0.2) is 24.3 Å². The van der Waals surface area contributed by atoms with Crippen molar-refractivity contribution in [1.82, 2.24) is 0 Å². The average Bonchev–Trinajstić information content (AvgIpc) is 2.33. The van der Waals surface area contributed by atoms with Gasteiger partial charge in [-0.25, -0.2) is 0 Å². The highest BCUT2D eigenvalue weighted by atomic mass is 16.5. The Morgan fingerprint density at radius 3 is 2.33 bits per heavy atom. The fraction of sp³-hybridized carbons (Fsp3) is 0.533. The highest BCUT2D eigenvalue weighted by Crippen LogP contribution is 2.13. The van der Waals surface area contributed by atoms with Gasteiger partial charge in [0.05, 0.1) is 12.2 Å². The van der Waals surface area contributed by atoms with Crippen LogP contribution < -0.4 is 0 Å². The van der Waals surface area contributed by atoms with Gasteiger partial charge in [-0.05, 0) is 32.8 Å². The minimum Gasteiger partial charge on any atom is -0.396 e. The van der Waals surface area contributed by atoms with Crippen LogP contribution in [-0.4, -0.2) is 23.1 Å². The smallest absolute Gasteiger partial charge is 0.162 e. The van der Waals surface area contributed by atoms with E-state index < -0.39 is 0 Å². The maximum absolute atomic E-state index is 11.7. The summed E-state index contributed by atoms with van der Waals surface area (Å²) in [5.74, 6) is 0.0762. The average molecular weight is 250 g/mol. The molecule has 0 spiro atoms. The molecule has 0 aliphatic rings. The van der Waals surface area contributed by atoms with Gasteiger partial charge in [-0.15, -0.1) is 0 Å². The van der Waals surface area contributed by atoms with Gasteiger partial charge in [0.15, 0.2) is 5.78 Å². The number of ketones is 1. The normalized spacial score (nSPS) is 11.6. The van der Waals surface area contributed by atoms with Crippen LogP contribution >= 0.6 is 0 Å². The molecule has 1 aromatic carbocycles. The summed E-state index contributed by atoms with van der Waals surface area (Å²) in [4.78, 5) is 11.7. The van der Waals surface area contributed by atoms with Gasteiger partial charge < -0.3 is 9.84 Å². The van der Waals surface area contributed by atoms with Crippen molar-refractivity contribution in [1.29, 1.82) is 0 Å². The Hall–Kier alpha value is -1.19. The monoisotopic (exact) mass is 250 g/mol. The maximum atomic E-state index is 11.7. The van der Waals surface area contributed by atoms with E-state index in [0.29, 0.717) is 25.0 Å². The van der Waals surface area contributed by atoms with Crippen LogP contribution in [-0.2, 0) is 11.3 Å². The highest BCUT2D eigenvalue weighted by Gasteiger charge is 2.10. The summed E-state index contributed by atoms with van der Waals surface area (Å²) in [6.45, 7) is 6.65. The first-order chi connectivity index (χ1) is 8.42. The molecule has 3 heteroatoms. The number of carbonyl (C=O) groups excluding carboxylic acids is 1. The van der Waals surface area contributed by atoms with Crippen LogP contribution in [0.4, 0.5) is 0 Å². The van der Waals surface area contributed by atoms with Crippen LogP contribution in [0.1, 0.15) is 49.5 Å². The Balaban J connectivity index is 2.54. The summed E-state index contributed by atoms with van der Waals surface area (Å²) in [7, 11) is 0. The maximum Gasteiger partial charge on any atom is 0.162 e. The van der Waals surface area contributed by atoms with Crippen molar-refractivity contribution >= 4 is 5.78 Å². The molecule has 1 N–H and O–H groups in total. The van der Waals surface area contributed by atoms with E-state index in [1.807, 2.05) is 45.0 Å². The van der Waals surface area contributed by atoms with E-state index in [-0.39, 0.29) is 18.0 Å². The van der Waals surface area contributed by atoms with E-state index in [2.05, 4.69) is 0 Å². The Morgan fingerprint density at radius 1 is 1.22 bits per heavy atom. The third-order valence-electron chi connectivity index (χ3n) is 2.51. The second kappa shape index (κ2) is 6.66. The van der Waals surface area contributed by atoms with E-state index in [1.54, 1.807) is 0 Å². The standard InChI is InChI=1S/C15H22O3/c1-15(2,3)18-11-12-6-8-13(9-7-12)14(17)5-4-10-16/h6-9,16H,4-5,10-11H2,1-3H3. The molecule has 0 aliphatic heterocycles.